The highest BCUT2D eigenvalue weighted by atomic mass is 16.7. The Balaban J connectivity index is 2.04. The van der Waals surface area contributed by atoms with Gasteiger partial charge in [0.25, 0.3) is 11.8 Å². The van der Waals surface area contributed by atoms with Crippen molar-refractivity contribution in [3.63, 3.8) is 0 Å². The second kappa shape index (κ2) is 3.05. The van der Waals surface area contributed by atoms with Gasteiger partial charge in [-0.3, -0.25) is 9.59 Å². The molecule has 6 nitrogen and oxygen atoms in total. The maximum absolute atomic E-state index is 11.4. The van der Waals surface area contributed by atoms with Crippen molar-refractivity contribution in [1.29, 1.82) is 5.26 Å². The van der Waals surface area contributed by atoms with Gasteiger partial charge in [0, 0.05) is 12.8 Å². The Kier molecular flexibility index (Phi) is 1.96. The Morgan fingerprint density at radius 2 is 1.87 bits per heavy atom. The second-order valence-electron chi connectivity index (χ2n) is 3.65. The van der Waals surface area contributed by atoms with Gasteiger partial charge in [-0.25, -0.2) is 4.79 Å². The van der Waals surface area contributed by atoms with E-state index in [4.69, 9.17) is 5.26 Å². The minimum Gasteiger partial charge on any atom is -0.329 e. The third kappa shape index (κ3) is 1.46. The molecule has 2 fully saturated rings. The van der Waals surface area contributed by atoms with Crippen LogP contribution in [0, 0.1) is 16.7 Å². The predicted molar refractivity (Wildman–Crippen MR) is 44.5 cm³/mol. The highest BCUT2D eigenvalue weighted by Gasteiger charge is 2.54. The van der Waals surface area contributed by atoms with E-state index in [9.17, 15) is 14.4 Å². The van der Waals surface area contributed by atoms with Crippen LogP contribution in [0.15, 0.2) is 0 Å². The van der Waals surface area contributed by atoms with Crippen LogP contribution in [-0.4, -0.2) is 22.8 Å². The number of hydrogen-bond donors (Lipinski definition) is 0. The fourth-order valence-electron chi connectivity index (χ4n) is 1.31. The van der Waals surface area contributed by atoms with Crippen LogP contribution in [0.4, 0.5) is 0 Å². The molecule has 1 saturated carbocycles. The summed E-state index contributed by atoms with van der Waals surface area (Å²) in [4.78, 5) is 38.2. The van der Waals surface area contributed by atoms with E-state index in [0.717, 1.165) is 0 Å². The quantitative estimate of drug-likeness (QED) is 0.591. The number of imide groups is 1. The van der Waals surface area contributed by atoms with Crippen LogP contribution >= 0.6 is 0 Å². The molecular formula is C9H8N2O4. The SMILES string of the molecule is N#CC1(C(=O)ON2C(=O)CCC2=O)CC1. The van der Waals surface area contributed by atoms with E-state index in [2.05, 4.69) is 4.84 Å². The summed E-state index contributed by atoms with van der Waals surface area (Å²) in [7, 11) is 0. The van der Waals surface area contributed by atoms with Crippen LogP contribution in [0.25, 0.3) is 0 Å². The second-order valence-corrected chi connectivity index (χ2v) is 3.65. The van der Waals surface area contributed by atoms with Crippen molar-refractivity contribution >= 4 is 17.8 Å². The Bertz CT molecular complexity index is 375. The summed E-state index contributed by atoms with van der Waals surface area (Å²) in [6, 6.07) is 1.83. The van der Waals surface area contributed by atoms with Gasteiger partial charge in [-0.15, -0.1) is 5.06 Å². The van der Waals surface area contributed by atoms with Gasteiger partial charge in [0.05, 0.1) is 6.07 Å². The zero-order valence-corrected chi connectivity index (χ0v) is 7.86. The summed E-state index contributed by atoms with van der Waals surface area (Å²) in [5, 5.41) is 9.17. The van der Waals surface area contributed by atoms with E-state index in [1.54, 1.807) is 0 Å². The summed E-state index contributed by atoms with van der Waals surface area (Å²) in [5.74, 6) is -1.85. The first-order chi connectivity index (χ1) is 7.09. The molecule has 1 aliphatic heterocycles. The zero-order valence-electron chi connectivity index (χ0n) is 7.86. The molecule has 2 amide bonds. The molecule has 0 atom stereocenters. The molecule has 1 saturated heterocycles. The number of rotatable bonds is 2. The maximum Gasteiger partial charge on any atom is 0.353 e. The molecule has 0 aromatic heterocycles. The highest BCUT2D eigenvalue weighted by Crippen LogP contribution is 2.46. The van der Waals surface area contributed by atoms with Gasteiger partial charge < -0.3 is 4.84 Å². The Hall–Kier alpha value is -1.90. The molecule has 1 heterocycles. The van der Waals surface area contributed by atoms with Gasteiger partial charge in [0.15, 0.2) is 5.41 Å². The maximum atomic E-state index is 11.4. The van der Waals surface area contributed by atoms with Crippen LogP contribution in [0.3, 0.4) is 0 Å². The summed E-state index contributed by atoms with van der Waals surface area (Å²) < 4.78 is 0. The van der Waals surface area contributed by atoms with Gasteiger partial charge in [-0.2, -0.15) is 5.26 Å². The molecule has 2 aliphatic rings. The van der Waals surface area contributed by atoms with Crippen molar-refractivity contribution in [2.75, 3.05) is 0 Å². The number of hydroxylamine groups is 2. The van der Waals surface area contributed by atoms with Gasteiger partial charge in [-0.05, 0) is 12.8 Å². The average molecular weight is 208 g/mol. The smallest absolute Gasteiger partial charge is 0.329 e. The lowest BCUT2D eigenvalue weighted by molar-refractivity contribution is -0.200. The summed E-state index contributed by atoms with van der Waals surface area (Å²) in [5.41, 5.74) is -1.12. The number of nitrogens with zero attached hydrogens (tertiary/aromatic N) is 2. The van der Waals surface area contributed by atoms with Gasteiger partial charge >= 0.3 is 5.97 Å². The summed E-state index contributed by atoms with van der Waals surface area (Å²) in [6.07, 6.45) is 0.981. The Morgan fingerprint density at radius 1 is 1.33 bits per heavy atom. The number of hydrogen-bond acceptors (Lipinski definition) is 5. The average Bonchev–Trinajstić information content (AvgIpc) is 2.97. The molecule has 1 aliphatic carbocycles. The van der Waals surface area contributed by atoms with Crippen LogP contribution in [0.5, 0.6) is 0 Å². The molecule has 78 valence electrons. The first kappa shape index (κ1) is 9.65. The van der Waals surface area contributed by atoms with E-state index < -0.39 is 23.2 Å². The molecule has 6 heteroatoms. The van der Waals surface area contributed by atoms with E-state index in [-0.39, 0.29) is 12.8 Å². The molecule has 0 spiro atoms. The molecule has 0 unspecified atom stereocenters. The van der Waals surface area contributed by atoms with Crippen LogP contribution < -0.4 is 0 Å². The number of amides is 2. The number of carbonyl (C=O) groups is 3. The lowest BCUT2D eigenvalue weighted by atomic mass is 10.1. The highest BCUT2D eigenvalue weighted by molar-refractivity contribution is 6.02. The molecule has 2 rings (SSSR count). The van der Waals surface area contributed by atoms with E-state index in [0.29, 0.717) is 17.9 Å². The normalized spacial score (nSPS) is 22.5. The van der Waals surface area contributed by atoms with Crippen LogP contribution in [-0.2, 0) is 19.2 Å². The topological polar surface area (TPSA) is 87.5 Å². The molecule has 0 radical (unpaired) electrons. The number of carbonyl (C=O) groups excluding carboxylic acids is 3. The van der Waals surface area contributed by atoms with Crippen molar-refractivity contribution in [2.45, 2.75) is 25.7 Å². The fraction of sp³-hybridized carbons (Fsp3) is 0.556. The lowest BCUT2D eigenvalue weighted by Gasteiger charge is -2.13. The standard InChI is InChI=1S/C9H8N2O4/c10-5-9(3-4-9)8(14)15-11-6(12)1-2-7(11)13/h1-4H2. The molecule has 0 aromatic rings. The third-order valence-corrected chi connectivity index (χ3v) is 2.53. The monoisotopic (exact) mass is 208 g/mol. The molecule has 0 bridgehead atoms. The molecule has 0 aromatic carbocycles. The van der Waals surface area contributed by atoms with Crippen molar-refractivity contribution < 1.29 is 19.2 Å². The van der Waals surface area contributed by atoms with Crippen molar-refractivity contribution in [3.05, 3.63) is 0 Å². The van der Waals surface area contributed by atoms with E-state index >= 15 is 0 Å². The van der Waals surface area contributed by atoms with Gasteiger partial charge in [0.1, 0.15) is 0 Å². The van der Waals surface area contributed by atoms with Crippen LogP contribution in [0.1, 0.15) is 25.7 Å². The van der Waals surface area contributed by atoms with Crippen molar-refractivity contribution in [3.8, 4) is 6.07 Å². The zero-order chi connectivity index (χ0) is 11.1. The van der Waals surface area contributed by atoms with Crippen molar-refractivity contribution in [1.82, 2.24) is 5.06 Å². The summed E-state index contributed by atoms with van der Waals surface area (Å²) >= 11 is 0. The third-order valence-electron chi connectivity index (χ3n) is 2.53. The first-order valence-electron chi connectivity index (χ1n) is 4.58. The predicted octanol–water partition coefficient (Wildman–Crippen LogP) is -0.103. The number of nitriles is 1. The lowest BCUT2D eigenvalue weighted by Crippen LogP contribution is -2.34. The molecule has 0 N–H and O–H groups in total. The van der Waals surface area contributed by atoms with E-state index in [1.165, 1.54) is 0 Å². The summed E-state index contributed by atoms with van der Waals surface area (Å²) in [6.45, 7) is 0. The minimum absolute atomic E-state index is 0.0612. The fourth-order valence-corrected chi connectivity index (χ4v) is 1.31. The van der Waals surface area contributed by atoms with Gasteiger partial charge in [0.2, 0.25) is 0 Å². The van der Waals surface area contributed by atoms with E-state index in [1.807, 2.05) is 6.07 Å². The van der Waals surface area contributed by atoms with Gasteiger partial charge in [-0.1, -0.05) is 0 Å². The van der Waals surface area contributed by atoms with Crippen LogP contribution in [0.2, 0.25) is 0 Å². The Morgan fingerprint density at radius 3 is 2.27 bits per heavy atom. The molecular weight excluding hydrogens is 200 g/mol. The van der Waals surface area contributed by atoms with Crippen molar-refractivity contribution in [2.24, 2.45) is 5.41 Å². The first-order valence-corrected chi connectivity index (χ1v) is 4.58. The minimum atomic E-state index is -1.12. The largest absolute Gasteiger partial charge is 0.353 e. The molecule has 15 heavy (non-hydrogen) atoms. The Labute approximate surface area is 85.4 Å².